The van der Waals surface area contributed by atoms with E-state index < -0.39 is 77.3 Å². The van der Waals surface area contributed by atoms with E-state index in [4.69, 9.17) is 43.1 Å². The van der Waals surface area contributed by atoms with Crippen LogP contribution in [0.1, 0.15) is 78.7 Å². The van der Waals surface area contributed by atoms with Gasteiger partial charge in [0.1, 0.15) is 63.2 Å². The molecule has 6 heterocycles. The molecule has 2 saturated heterocycles. The summed E-state index contributed by atoms with van der Waals surface area (Å²) in [6.07, 6.45) is 3.08. The fourth-order valence-electron chi connectivity index (χ4n) is 11.3. The number of thiazole rings is 2. The Kier molecular flexibility index (Phi) is 29.6. The van der Waals surface area contributed by atoms with Crippen molar-refractivity contribution >= 4 is 94.3 Å². The van der Waals surface area contributed by atoms with E-state index in [2.05, 4.69) is 53.4 Å². The summed E-state index contributed by atoms with van der Waals surface area (Å²) in [5.41, 5.74) is 3.19. The van der Waals surface area contributed by atoms with Gasteiger partial charge in [0, 0.05) is 84.4 Å². The average molecular weight is 1600 g/mol. The van der Waals surface area contributed by atoms with Crippen molar-refractivity contribution in [1.29, 1.82) is 0 Å². The van der Waals surface area contributed by atoms with Crippen LogP contribution in [-0.4, -0.2) is 151 Å². The number of carbonyl (C=O) groups is 4. The van der Waals surface area contributed by atoms with Gasteiger partial charge in [-0.3, -0.25) is 19.8 Å². The number of carbonyl (C=O) groups excluding carboxylic acids is 4. The predicted octanol–water partition coefficient (Wildman–Crippen LogP) is 9.65. The Bertz CT molecular complexity index is 4470. The number of morpholine rings is 2. The molecule has 32 heteroatoms. The fourth-order valence-corrected chi connectivity index (χ4v) is 13.5. The Hall–Kier alpha value is -8.39. The van der Waals surface area contributed by atoms with Crippen LogP contribution in [0.25, 0.3) is 22.5 Å². The molecule has 4 aromatic heterocycles. The number of esters is 1. The molecule has 0 saturated carbocycles. The summed E-state index contributed by atoms with van der Waals surface area (Å²) in [5.74, 6) is -6.83. The van der Waals surface area contributed by atoms with Gasteiger partial charge in [0.25, 0.3) is 0 Å². The fraction of sp³-hybridized carbons (Fsp3) is 0.278. The minimum absolute atomic E-state index is 0. The van der Waals surface area contributed by atoms with E-state index in [0.29, 0.717) is 46.4 Å². The van der Waals surface area contributed by atoms with Gasteiger partial charge >= 0.3 is 69.7 Å². The normalized spacial score (nSPS) is 14.7. The van der Waals surface area contributed by atoms with Gasteiger partial charge < -0.3 is 43.1 Å². The Morgan fingerprint density at radius 2 is 1.00 bits per heavy atom. The minimum Gasteiger partial charge on any atom is -0.545 e. The number of aromatic carboxylic acids is 1. The minimum atomic E-state index is -1.89. The summed E-state index contributed by atoms with van der Waals surface area (Å²) in [6.45, 7) is 17.3. The molecule has 104 heavy (non-hydrogen) atoms. The van der Waals surface area contributed by atoms with E-state index >= 15 is 8.78 Å². The number of carboxylic acid groups (broad SMARTS) is 1. The standard InChI is InChI=1S/C36H34F2N6O6S.C24H20F2IN5O3S.C12H15NO3.K/c1-24(33-42-32(19-51-33)26-7-10-29(39-2)11-8-26)36(20-44-22-40-21-41-44,30-12-9-28(37)17-31(30)38)50-35(46)49-23-48-34(45)27-5-3-25(4-6-27)18-43-13-15-47-16-14-43;1-15(22-31-21(10-36-22)16-3-6-18(28-2)7-4-16)24(35-23(33)34-12-27,11-32-14-29-13-30-32)19-8-5-17(25)9-20(19)26;14-12(15)11-3-1-10(2-4-11)9-13-5-7-16-8-6-13;/h3-12,17,19,21-22,24H,2,13-16,18,20,23H2,1H3;3-10,13-15H,2,11-12H2,1H3;1-4H,5-9H2,(H,14,15);/q;;;+1/p-1/t24-,36?;15-,24?;;/m00../s1. The van der Waals surface area contributed by atoms with Gasteiger partial charge in [-0.1, -0.05) is 74.5 Å². The van der Waals surface area contributed by atoms with Crippen LogP contribution in [0.3, 0.4) is 0 Å². The van der Waals surface area contributed by atoms with Crippen molar-refractivity contribution in [1.82, 2.24) is 49.3 Å². The number of halogens is 5. The number of rotatable bonds is 25. The number of hydrogen-bond acceptors (Lipinski definition) is 24. The molecule has 536 valence electrons. The van der Waals surface area contributed by atoms with Gasteiger partial charge in [-0.05, 0) is 113 Å². The number of nitrogens with zero attached hydrogens (tertiary/aromatic N) is 12. The molecule has 0 amide bonds. The molecule has 0 bridgehead atoms. The smallest absolute Gasteiger partial charge is 0.545 e. The van der Waals surface area contributed by atoms with Gasteiger partial charge in [-0.2, -0.15) is 10.2 Å². The molecule has 0 aliphatic carbocycles. The molecule has 24 nitrogen and oxygen atoms in total. The van der Waals surface area contributed by atoms with E-state index in [9.17, 15) is 33.1 Å². The molecule has 10 aromatic rings. The van der Waals surface area contributed by atoms with Gasteiger partial charge in [0.2, 0.25) is 6.79 Å². The zero-order chi connectivity index (χ0) is 72.9. The van der Waals surface area contributed by atoms with E-state index in [1.165, 1.54) is 69.5 Å². The second-order valence-electron chi connectivity index (χ2n) is 23.3. The first-order valence-electron chi connectivity index (χ1n) is 31.9. The Labute approximate surface area is 659 Å². The monoisotopic (exact) mass is 1600 g/mol. The first-order valence-corrected chi connectivity index (χ1v) is 35.2. The van der Waals surface area contributed by atoms with Crippen molar-refractivity contribution in [3.05, 3.63) is 236 Å². The number of aliphatic imine (C=N–C) groups is 2. The first-order chi connectivity index (χ1) is 49.8. The summed E-state index contributed by atoms with van der Waals surface area (Å²) in [6, 6.07) is 34.5. The van der Waals surface area contributed by atoms with Gasteiger partial charge in [-0.25, -0.2) is 61.2 Å². The van der Waals surface area contributed by atoms with E-state index in [1.807, 2.05) is 94.0 Å². The first kappa shape index (κ1) is 79.7. The van der Waals surface area contributed by atoms with Crippen molar-refractivity contribution in [3.8, 4) is 22.5 Å². The second-order valence-corrected chi connectivity index (χ2v) is 25.7. The summed E-state index contributed by atoms with van der Waals surface area (Å²) < 4.78 is 99.7. The SMILES string of the molecule is C=Nc1ccc(-c2csc([C@H](C)C(Cn3cncn3)(OC(=O)OCI)c3ccc(F)cc3F)n2)cc1.C=Nc1ccc(-c2csc([C@H](C)C(Cn3cncn3)(OC(=O)OCOC(=O)c3ccc(CN4CCOCC4)cc3)c3ccc(F)cc3F)n2)cc1.O=C([O-])c1ccc(CN2CCOCC2)cc1.[K+]. The van der Waals surface area contributed by atoms with Crippen LogP contribution in [0, 0.1) is 23.3 Å². The maximum Gasteiger partial charge on any atom is 1.00 e. The second kappa shape index (κ2) is 38.6. The van der Waals surface area contributed by atoms with Crippen LogP contribution in [-0.2, 0) is 70.5 Å². The van der Waals surface area contributed by atoms with Crippen LogP contribution in [0.5, 0.6) is 0 Å². The number of aromatic nitrogens is 8. The largest absolute Gasteiger partial charge is 1.00 e. The molecular formula is C72H68F4IKN12O12S2. The molecule has 2 unspecified atom stereocenters. The summed E-state index contributed by atoms with van der Waals surface area (Å²) >= 11 is 4.44. The molecule has 0 radical (unpaired) electrons. The number of carboxylic acids is 1. The number of ether oxygens (including phenoxy) is 7. The maximum absolute atomic E-state index is 15.7. The van der Waals surface area contributed by atoms with Crippen LogP contribution >= 0.6 is 45.3 Å². The van der Waals surface area contributed by atoms with Gasteiger partial charge in [0.05, 0.1) is 85.6 Å². The topological polar surface area (TPSA) is 274 Å². The van der Waals surface area contributed by atoms with Crippen molar-refractivity contribution in [3.63, 3.8) is 0 Å². The number of benzene rings is 6. The Morgan fingerprint density at radius 1 is 0.587 bits per heavy atom. The van der Waals surface area contributed by atoms with Crippen LogP contribution < -0.4 is 56.5 Å². The third-order valence-electron chi connectivity index (χ3n) is 16.8. The van der Waals surface area contributed by atoms with E-state index in [-0.39, 0.29) is 91.3 Å². The maximum atomic E-state index is 15.7. The third kappa shape index (κ3) is 21.2. The molecule has 2 aliphatic rings. The third-order valence-corrected chi connectivity index (χ3v) is 19.2. The molecule has 0 spiro atoms. The van der Waals surface area contributed by atoms with Crippen LogP contribution in [0.2, 0.25) is 0 Å². The Balaban J connectivity index is 0.000000204. The summed E-state index contributed by atoms with van der Waals surface area (Å²) in [7, 11) is 0. The van der Waals surface area contributed by atoms with Crippen molar-refractivity contribution in [2.45, 2.75) is 63.1 Å². The van der Waals surface area contributed by atoms with Gasteiger partial charge in [0.15, 0.2) is 11.2 Å². The summed E-state index contributed by atoms with van der Waals surface area (Å²) in [5, 5.41) is 23.5. The zero-order valence-corrected chi connectivity index (χ0v) is 63.5. The number of hydrogen-bond donors (Lipinski definition) is 0. The van der Waals surface area contributed by atoms with E-state index in [0.717, 1.165) is 98.6 Å². The predicted molar refractivity (Wildman–Crippen MR) is 380 cm³/mol. The summed E-state index contributed by atoms with van der Waals surface area (Å²) in [4.78, 5) is 79.2. The number of alkyl halides is 1. The zero-order valence-electron chi connectivity index (χ0n) is 56.6. The van der Waals surface area contributed by atoms with Gasteiger partial charge in [-0.15, -0.1) is 22.7 Å². The molecule has 0 N–H and O–H groups in total. The van der Waals surface area contributed by atoms with E-state index in [1.54, 1.807) is 50.2 Å². The Morgan fingerprint density at radius 3 is 1.38 bits per heavy atom. The quantitative estimate of drug-likeness (QED) is 0.00752. The van der Waals surface area contributed by atoms with Crippen molar-refractivity contribution in [2.75, 3.05) is 64.0 Å². The molecule has 6 aromatic carbocycles. The molecule has 4 atom stereocenters. The average Bonchev–Trinajstić information content (AvgIpc) is 1.25. The molecule has 2 aliphatic heterocycles. The molecule has 2 fully saturated rings. The van der Waals surface area contributed by atoms with Crippen LogP contribution in [0.4, 0.5) is 38.5 Å². The molecular weight excluding hydrogens is 1530 g/mol. The van der Waals surface area contributed by atoms with Crippen molar-refractivity contribution < 1.29 is 126 Å². The molecule has 12 rings (SSSR count). The van der Waals surface area contributed by atoms with Crippen LogP contribution in [0.15, 0.2) is 180 Å². The van der Waals surface area contributed by atoms with Crippen molar-refractivity contribution in [2.24, 2.45) is 9.98 Å².